The van der Waals surface area contributed by atoms with E-state index in [1.165, 1.54) is 6.20 Å². The molecule has 0 radical (unpaired) electrons. The summed E-state index contributed by atoms with van der Waals surface area (Å²) < 4.78 is 49.1. The number of rotatable bonds is 7. The minimum absolute atomic E-state index is 0.0533. The van der Waals surface area contributed by atoms with Crippen molar-refractivity contribution in [2.75, 3.05) is 11.9 Å². The molecule has 11 heteroatoms. The molecular formula is C27H27F3N4O4. The minimum atomic E-state index is -1.09. The number of nitrogens with zero attached hydrogens (tertiary/aromatic N) is 2. The van der Waals surface area contributed by atoms with Crippen molar-refractivity contribution in [1.82, 2.24) is 15.3 Å². The largest absolute Gasteiger partial charge is 0.494 e. The zero-order valence-corrected chi connectivity index (χ0v) is 20.8. The van der Waals surface area contributed by atoms with Gasteiger partial charge >= 0.3 is 6.09 Å². The molecule has 4 rings (SSSR count). The molecule has 1 saturated carbocycles. The van der Waals surface area contributed by atoms with Gasteiger partial charge in [0.05, 0.1) is 24.1 Å². The molecule has 1 aromatic carbocycles. The quantitative estimate of drug-likeness (QED) is 0.360. The number of hydrogen-bond donors (Lipinski definition) is 3. The first-order chi connectivity index (χ1) is 18.2. The van der Waals surface area contributed by atoms with Gasteiger partial charge < -0.3 is 20.5 Å². The van der Waals surface area contributed by atoms with Gasteiger partial charge in [-0.25, -0.2) is 22.9 Å². The van der Waals surface area contributed by atoms with E-state index in [1.54, 1.807) is 19.2 Å². The van der Waals surface area contributed by atoms with Crippen LogP contribution < -0.4 is 15.4 Å². The second kappa shape index (κ2) is 11.5. The Labute approximate surface area is 217 Å². The lowest BCUT2D eigenvalue weighted by molar-refractivity contribution is 0.102. The van der Waals surface area contributed by atoms with Gasteiger partial charge in [0, 0.05) is 24.4 Å². The maximum Gasteiger partial charge on any atom is 0.404 e. The molecule has 1 aliphatic rings. The average Bonchev–Trinajstić information content (AvgIpc) is 2.84. The summed E-state index contributed by atoms with van der Waals surface area (Å²) >= 11 is 0. The fraction of sp³-hybridized carbons (Fsp3) is 0.333. The van der Waals surface area contributed by atoms with Gasteiger partial charge in [-0.1, -0.05) is 6.92 Å². The lowest BCUT2D eigenvalue weighted by Gasteiger charge is -2.34. The fourth-order valence-corrected chi connectivity index (χ4v) is 4.97. The number of aromatic nitrogens is 2. The Morgan fingerprint density at radius 2 is 1.82 bits per heavy atom. The number of anilines is 1. The zero-order chi connectivity index (χ0) is 27.4. The van der Waals surface area contributed by atoms with Crippen LogP contribution in [0.5, 0.6) is 5.75 Å². The molecule has 3 N–H and O–H groups in total. The van der Waals surface area contributed by atoms with Crippen molar-refractivity contribution in [1.29, 1.82) is 0 Å². The highest BCUT2D eigenvalue weighted by molar-refractivity contribution is 6.03. The maximum absolute atomic E-state index is 14.7. The summed E-state index contributed by atoms with van der Waals surface area (Å²) in [5, 5.41) is 14.4. The van der Waals surface area contributed by atoms with E-state index in [0.717, 1.165) is 36.2 Å². The number of amides is 2. The minimum Gasteiger partial charge on any atom is -0.494 e. The summed E-state index contributed by atoms with van der Waals surface area (Å²) in [6.07, 6.45) is 3.97. The number of carbonyl (C=O) groups excluding carboxylic acids is 1. The number of carbonyl (C=O) groups is 2. The van der Waals surface area contributed by atoms with Crippen molar-refractivity contribution in [2.24, 2.45) is 5.92 Å². The highest BCUT2D eigenvalue weighted by Crippen LogP contribution is 2.39. The standard InChI is InChI=1S/C27H27F3N4O4/c1-3-38-17-11-20(29)24(21(30)12-17)25-19(28)4-5-22(33-25)26(35)34-23-13-31-7-6-18(23)15-8-14(2)9-16(10-15)32-27(36)37/h4-7,11-16,32H,3,8-10H2,1-2H3,(H,34,35)(H,36,37)/t14-,15+,16?/m0/s1. The summed E-state index contributed by atoms with van der Waals surface area (Å²) in [6.45, 7) is 3.87. The Morgan fingerprint density at radius 3 is 2.50 bits per heavy atom. The molecule has 8 nitrogen and oxygen atoms in total. The van der Waals surface area contributed by atoms with E-state index >= 15 is 0 Å². The molecule has 1 aliphatic carbocycles. The number of hydrogen-bond acceptors (Lipinski definition) is 5. The zero-order valence-electron chi connectivity index (χ0n) is 20.8. The van der Waals surface area contributed by atoms with Crippen molar-refractivity contribution < 1.29 is 32.6 Å². The lowest BCUT2D eigenvalue weighted by atomic mass is 9.76. The molecule has 2 amide bonds. The lowest BCUT2D eigenvalue weighted by Crippen LogP contribution is -2.39. The number of ether oxygens (including phenoxy) is 1. The predicted octanol–water partition coefficient (Wildman–Crippen LogP) is 5.75. The molecule has 200 valence electrons. The molecule has 0 spiro atoms. The fourth-order valence-electron chi connectivity index (χ4n) is 4.97. The number of halogens is 3. The molecule has 0 bridgehead atoms. The molecule has 2 aromatic heterocycles. The Morgan fingerprint density at radius 1 is 1.08 bits per heavy atom. The average molecular weight is 529 g/mol. The first-order valence-electron chi connectivity index (χ1n) is 12.2. The van der Waals surface area contributed by atoms with Crippen LogP contribution in [0, 0.1) is 23.4 Å². The molecule has 1 unspecified atom stereocenters. The van der Waals surface area contributed by atoms with Crippen molar-refractivity contribution in [2.45, 2.75) is 45.1 Å². The van der Waals surface area contributed by atoms with Crippen LogP contribution in [-0.2, 0) is 0 Å². The van der Waals surface area contributed by atoms with Crippen LogP contribution in [0.15, 0.2) is 42.7 Å². The number of benzene rings is 1. The van der Waals surface area contributed by atoms with Crippen LogP contribution in [0.4, 0.5) is 23.7 Å². The predicted molar refractivity (Wildman–Crippen MR) is 134 cm³/mol. The monoisotopic (exact) mass is 528 g/mol. The van der Waals surface area contributed by atoms with E-state index in [9.17, 15) is 22.8 Å². The van der Waals surface area contributed by atoms with Gasteiger partial charge in [0.2, 0.25) is 0 Å². The van der Waals surface area contributed by atoms with Crippen LogP contribution in [0.25, 0.3) is 11.3 Å². The molecule has 0 saturated heterocycles. The van der Waals surface area contributed by atoms with Crippen molar-refractivity contribution in [3.63, 3.8) is 0 Å². The van der Waals surface area contributed by atoms with Crippen molar-refractivity contribution in [3.05, 3.63) is 71.4 Å². The topological polar surface area (TPSA) is 113 Å². The molecular weight excluding hydrogens is 501 g/mol. The third-order valence-corrected chi connectivity index (χ3v) is 6.46. The van der Waals surface area contributed by atoms with E-state index in [1.807, 2.05) is 6.92 Å². The van der Waals surface area contributed by atoms with Gasteiger partial charge in [0.25, 0.3) is 5.91 Å². The third kappa shape index (κ3) is 6.04. The normalized spacial score (nSPS) is 19.0. The molecule has 1 fully saturated rings. The summed E-state index contributed by atoms with van der Waals surface area (Å²) in [5.41, 5.74) is -0.465. The molecule has 2 heterocycles. The van der Waals surface area contributed by atoms with Gasteiger partial charge in [-0.3, -0.25) is 9.78 Å². The van der Waals surface area contributed by atoms with E-state index in [-0.39, 0.29) is 35.9 Å². The van der Waals surface area contributed by atoms with Crippen LogP contribution in [-0.4, -0.2) is 39.7 Å². The van der Waals surface area contributed by atoms with Gasteiger partial charge in [0.15, 0.2) is 0 Å². The molecule has 3 atom stereocenters. The summed E-state index contributed by atoms with van der Waals surface area (Å²) in [6, 6.07) is 5.40. The Kier molecular flexibility index (Phi) is 8.13. The SMILES string of the molecule is CCOc1cc(F)c(-c2nc(C(=O)Nc3cnccc3[C@H]3CC(NC(=O)O)C[C@@H](C)C3)ccc2F)c(F)c1. The van der Waals surface area contributed by atoms with Gasteiger partial charge in [-0.15, -0.1) is 0 Å². The number of pyridine rings is 2. The van der Waals surface area contributed by atoms with Crippen LogP contribution in [0.3, 0.4) is 0 Å². The second-order valence-electron chi connectivity index (χ2n) is 9.29. The first kappa shape index (κ1) is 26.9. The Balaban J connectivity index is 1.61. The van der Waals surface area contributed by atoms with E-state index in [0.29, 0.717) is 18.5 Å². The van der Waals surface area contributed by atoms with Gasteiger partial charge in [-0.05, 0) is 61.8 Å². The number of carboxylic acid groups (broad SMARTS) is 1. The first-order valence-corrected chi connectivity index (χ1v) is 12.2. The highest BCUT2D eigenvalue weighted by atomic mass is 19.1. The smallest absolute Gasteiger partial charge is 0.404 e. The van der Waals surface area contributed by atoms with Crippen LogP contribution in [0.2, 0.25) is 0 Å². The number of nitrogens with one attached hydrogen (secondary N) is 2. The van der Waals surface area contributed by atoms with Crippen LogP contribution >= 0.6 is 0 Å². The second-order valence-corrected chi connectivity index (χ2v) is 9.29. The molecule has 3 aromatic rings. The molecule has 0 aliphatic heterocycles. The van der Waals surface area contributed by atoms with Crippen molar-refractivity contribution >= 4 is 17.7 Å². The third-order valence-electron chi connectivity index (χ3n) is 6.46. The Bertz CT molecular complexity index is 1330. The van der Waals surface area contributed by atoms with Crippen LogP contribution in [0.1, 0.15) is 55.1 Å². The maximum atomic E-state index is 14.7. The van der Waals surface area contributed by atoms with E-state index in [2.05, 4.69) is 20.6 Å². The van der Waals surface area contributed by atoms with Gasteiger partial charge in [0.1, 0.15) is 34.6 Å². The van der Waals surface area contributed by atoms with Crippen molar-refractivity contribution in [3.8, 4) is 17.0 Å². The summed E-state index contributed by atoms with van der Waals surface area (Å²) in [4.78, 5) is 32.3. The summed E-state index contributed by atoms with van der Waals surface area (Å²) in [5.74, 6) is -3.76. The van der Waals surface area contributed by atoms with Gasteiger partial charge in [-0.2, -0.15) is 0 Å². The Hall–Kier alpha value is -4.15. The highest BCUT2D eigenvalue weighted by Gasteiger charge is 2.30. The molecule has 38 heavy (non-hydrogen) atoms. The summed E-state index contributed by atoms with van der Waals surface area (Å²) in [7, 11) is 0. The van der Waals surface area contributed by atoms with E-state index in [4.69, 9.17) is 9.84 Å². The van der Waals surface area contributed by atoms with E-state index < -0.39 is 40.7 Å².